The Labute approximate surface area is 108 Å². The van der Waals surface area contributed by atoms with Crippen LogP contribution in [0.15, 0.2) is 40.9 Å². The van der Waals surface area contributed by atoms with Crippen LogP contribution in [-0.4, -0.2) is 4.98 Å². The molecule has 1 heterocycles. The van der Waals surface area contributed by atoms with Crippen LogP contribution in [0.2, 0.25) is 0 Å². The van der Waals surface area contributed by atoms with Gasteiger partial charge in [-0.05, 0) is 30.7 Å². The first-order chi connectivity index (χ1) is 8.19. The zero-order valence-corrected chi connectivity index (χ0v) is 10.9. The van der Waals surface area contributed by atoms with Gasteiger partial charge >= 0.3 is 0 Å². The second-order valence-electron chi connectivity index (χ2n) is 3.52. The number of nitrogens with zero attached hydrogens (tertiary/aromatic N) is 1. The van der Waals surface area contributed by atoms with Crippen molar-refractivity contribution in [2.75, 3.05) is 5.43 Å². The van der Waals surface area contributed by atoms with E-state index in [1.54, 1.807) is 12.1 Å². The van der Waals surface area contributed by atoms with Gasteiger partial charge in [-0.25, -0.2) is 5.84 Å². The molecule has 4 nitrogen and oxygen atoms in total. The first-order valence-electron chi connectivity index (χ1n) is 5.07. The highest BCUT2D eigenvalue weighted by Gasteiger charge is 2.03. The van der Waals surface area contributed by atoms with Gasteiger partial charge in [0.05, 0.1) is 0 Å². The molecule has 17 heavy (non-hydrogen) atoms. The Hall–Kier alpha value is -1.59. The number of rotatable bonds is 3. The fraction of sp³-hybridized carbons (Fsp3) is 0.0833. The number of nitrogen functional groups attached to an aromatic ring is 1. The number of nitrogens with one attached hydrogen (secondary N) is 1. The molecule has 1 aromatic carbocycles. The molecule has 0 unspecified atom stereocenters. The molecule has 0 aliphatic carbocycles. The number of nitrogens with two attached hydrogens (primary N) is 1. The minimum atomic E-state index is 0.502. The van der Waals surface area contributed by atoms with Crippen molar-refractivity contribution < 1.29 is 4.74 Å². The lowest BCUT2D eigenvalue weighted by Gasteiger charge is -2.09. The summed E-state index contributed by atoms with van der Waals surface area (Å²) in [7, 11) is 0. The van der Waals surface area contributed by atoms with E-state index in [0.29, 0.717) is 11.7 Å². The van der Waals surface area contributed by atoms with Crippen LogP contribution in [-0.2, 0) is 0 Å². The zero-order valence-electron chi connectivity index (χ0n) is 9.27. The largest absolute Gasteiger partial charge is 0.439 e. The van der Waals surface area contributed by atoms with E-state index < -0.39 is 0 Å². The molecular formula is C12H12BrN3O. The first-order valence-corrected chi connectivity index (χ1v) is 5.86. The maximum Gasteiger partial charge on any atom is 0.221 e. The van der Waals surface area contributed by atoms with Crippen molar-refractivity contribution in [2.45, 2.75) is 6.92 Å². The summed E-state index contributed by atoms with van der Waals surface area (Å²) in [5, 5.41) is 0. The summed E-state index contributed by atoms with van der Waals surface area (Å²) in [6, 6.07) is 11.2. The van der Waals surface area contributed by atoms with Gasteiger partial charge in [0.1, 0.15) is 11.6 Å². The average Bonchev–Trinajstić information content (AvgIpc) is 2.34. The Morgan fingerprint density at radius 2 is 2.12 bits per heavy atom. The van der Waals surface area contributed by atoms with E-state index in [1.807, 2.05) is 31.2 Å². The van der Waals surface area contributed by atoms with Gasteiger partial charge in [-0.3, -0.25) is 0 Å². The van der Waals surface area contributed by atoms with Crippen LogP contribution in [0.25, 0.3) is 0 Å². The first kappa shape index (κ1) is 11.9. The number of hydrogen-bond acceptors (Lipinski definition) is 4. The molecule has 3 N–H and O–H groups in total. The molecule has 0 saturated carbocycles. The fourth-order valence-corrected chi connectivity index (χ4v) is 1.69. The van der Waals surface area contributed by atoms with Gasteiger partial charge in [-0.1, -0.05) is 28.1 Å². The van der Waals surface area contributed by atoms with Gasteiger partial charge in [0.15, 0.2) is 0 Å². The lowest BCUT2D eigenvalue weighted by Crippen LogP contribution is -2.08. The molecule has 0 amide bonds. The predicted molar refractivity (Wildman–Crippen MR) is 71.0 cm³/mol. The monoisotopic (exact) mass is 293 g/mol. The molecule has 0 radical (unpaired) electrons. The molecule has 2 aromatic rings. The zero-order chi connectivity index (χ0) is 12.3. The topological polar surface area (TPSA) is 60.2 Å². The number of pyridine rings is 1. The van der Waals surface area contributed by atoms with Gasteiger partial charge in [-0.2, -0.15) is 4.98 Å². The molecule has 1 aromatic heterocycles. The summed E-state index contributed by atoms with van der Waals surface area (Å²) in [6.45, 7) is 1.98. The van der Waals surface area contributed by atoms with Crippen LogP contribution in [0.3, 0.4) is 0 Å². The van der Waals surface area contributed by atoms with E-state index >= 15 is 0 Å². The SMILES string of the molecule is Cc1ccc(Br)cc1Oc1cccc(NN)n1. The van der Waals surface area contributed by atoms with E-state index in [0.717, 1.165) is 15.8 Å². The molecule has 0 spiro atoms. The summed E-state index contributed by atoms with van der Waals surface area (Å²) in [6.07, 6.45) is 0. The fourth-order valence-electron chi connectivity index (χ4n) is 1.35. The summed E-state index contributed by atoms with van der Waals surface area (Å²) < 4.78 is 6.66. The van der Waals surface area contributed by atoms with Crippen molar-refractivity contribution in [3.05, 3.63) is 46.4 Å². The van der Waals surface area contributed by atoms with Crippen molar-refractivity contribution >= 4 is 21.7 Å². The second kappa shape index (κ2) is 5.16. The van der Waals surface area contributed by atoms with Crippen molar-refractivity contribution in [2.24, 2.45) is 5.84 Å². The minimum absolute atomic E-state index is 0.502. The quantitative estimate of drug-likeness (QED) is 0.674. The van der Waals surface area contributed by atoms with Crippen molar-refractivity contribution in [1.82, 2.24) is 4.98 Å². The van der Waals surface area contributed by atoms with Crippen LogP contribution >= 0.6 is 15.9 Å². The van der Waals surface area contributed by atoms with Crippen molar-refractivity contribution in [3.63, 3.8) is 0 Å². The Morgan fingerprint density at radius 3 is 2.88 bits per heavy atom. The molecule has 0 aliphatic heterocycles. The van der Waals surface area contributed by atoms with Gasteiger partial charge in [-0.15, -0.1) is 0 Å². The third-order valence-electron chi connectivity index (χ3n) is 2.24. The molecule has 0 atom stereocenters. The van der Waals surface area contributed by atoms with E-state index in [-0.39, 0.29) is 0 Å². The van der Waals surface area contributed by atoms with Gasteiger partial charge in [0.2, 0.25) is 5.88 Å². The smallest absolute Gasteiger partial charge is 0.221 e. The summed E-state index contributed by atoms with van der Waals surface area (Å²) in [5.41, 5.74) is 3.52. The number of aromatic nitrogens is 1. The highest BCUT2D eigenvalue weighted by atomic mass is 79.9. The molecule has 0 fully saturated rings. The summed E-state index contributed by atoms with van der Waals surface area (Å²) >= 11 is 3.41. The third-order valence-corrected chi connectivity index (χ3v) is 2.73. The van der Waals surface area contributed by atoms with Gasteiger partial charge < -0.3 is 10.2 Å². The van der Waals surface area contributed by atoms with E-state index in [9.17, 15) is 0 Å². The van der Waals surface area contributed by atoms with E-state index in [4.69, 9.17) is 10.6 Å². The lowest BCUT2D eigenvalue weighted by atomic mass is 10.2. The molecular weight excluding hydrogens is 282 g/mol. The van der Waals surface area contributed by atoms with Crippen LogP contribution in [0.4, 0.5) is 5.82 Å². The highest BCUT2D eigenvalue weighted by molar-refractivity contribution is 9.10. The van der Waals surface area contributed by atoms with Crippen LogP contribution < -0.4 is 16.0 Å². The molecule has 5 heteroatoms. The number of benzene rings is 1. The molecule has 0 saturated heterocycles. The maximum atomic E-state index is 5.70. The number of anilines is 1. The normalized spacial score (nSPS) is 10.1. The van der Waals surface area contributed by atoms with Crippen LogP contribution in [0, 0.1) is 6.92 Å². The predicted octanol–water partition coefficient (Wildman–Crippen LogP) is 3.23. The second-order valence-corrected chi connectivity index (χ2v) is 4.43. The Balaban J connectivity index is 2.27. The van der Waals surface area contributed by atoms with Crippen LogP contribution in [0.1, 0.15) is 5.56 Å². The maximum absolute atomic E-state index is 5.70. The van der Waals surface area contributed by atoms with Gasteiger partial charge in [0.25, 0.3) is 0 Å². The molecule has 0 aliphatic rings. The number of hydrogen-bond donors (Lipinski definition) is 2. The van der Waals surface area contributed by atoms with Gasteiger partial charge in [0, 0.05) is 10.5 Å². The standard InChI is InChI=1S/C12H12BrN3O/c1-8-5-6-9(13)7-10(8)17-12-4-2-3-11(15-12)16-14/h2-7H,14H2,1H3,(H,15,16). The third kappa shape index (κ3) is 2.95. The summed E-state index contributed by atoms with van der Waals surface area (Å²) in [5.74, 6) is 7.12. The van der Waals surface area contributed by atoms with Crippen molar-refractivity contribution in [1.29, 1.82) is 0 Å². The lowest BCUT2D eigenvalue weighted by molar-refractivity contribution is 0.460. The average molecular weight is 294 g/mol. The highest BCUT2D eigenvalue weighted by Crippen LogP contribution is 2.27. The molecule has 88 valence electrons. The van der Waals surface area contributed by atoms with Crippen LogP contribution in [0.5, 0.6) is 11.6 Å². The molecule has 2 rings (SSSR count). The number of aryl methyl sites for hydroxylation is 1. The number of ether oxygens (including phenoxy) is 1. The Morgan fingerprint density at radius 1 is 1.29 bits per heavy atom. The number of halogens is 1. The summed E-state index contributed by atoms with van der Waals surface area (Å²) in [4.78, 5) is 4.18. The van der Waals surface area contributed by atoms with Crippen molar-refractivity contribution in [3.8, 4) is 11.6 Å². The number of hydrazine groups is 1. The van der Waals surface area contributed by atoms with E-state index in [2.05, 4.69) is 26.3 Å². The molecule has 0 bridgehead atoms. The van der Waals surface area contributed by atoms with E-state index in [1.165, 1.54) is 0 Å². The Kier molecular flexibility index (Phi) is 3.61. The Bertz CT molecular complexity index is 531. The minimum Gasteiger partial charge on any atom is -0.439 e.